The van der Waals surface area contributed by atoms with Crippen LogP contribution in [-0.4, -0.2) is 30.2 Å². The van der Waals surface area contributed by atoms with E-state index in [1.165, 1.54) is 0 Å². The topological polar surface area (TPSA) is 89.1 Å². The predicted molar refractivity (Wildman–Crippen MR) is 70.8 cm³/mol. The maximum atomic E-state index is 11.9. The zero-order valence-electron chi connectivity index (χ0n) is 11.3. The fraction of sp³-hybridized carbons (Fsp3) is 0.636. The highest BCUT2D eigenvalue weighted by molar-refractivity contribution is 8.13. The lowest BCUT2D eigenvalue weighted by Crippen LogP contribution is -2.25. The fourth-order valence-electron chi connectivity index (χ4n) is 1.51. The van der Waals surface area contributed by atoms with Crippen LogP contribution in [0, 0.1) is 0 Å². The lowest BCUT2D eigenvalue weighted by molar-refractivity contribution is 0.00584. The van der Waals surface area contributed by atoms with Crippen LogP contribution in [-0.2, 0) is 20.2 Å². The molecule has 0 aromatic carbocycles. The van der Waals surface area contributed by atoms with Gasteiger partial charge in [-0.2, -0.15) is 5.10 Å². The minimum absolute atomic E-state index is 0.287. The summed E-state index contributed by atoms with van der Waals surface area (Å²) in [5, 5.41) is 6.26. The van der Waals surface area contributed by atoms with Gasteiger partial charge in [-0.15, -0.1) is 0 Å². The second-order valence-electron chi connectivity index (χ2n) is 5.07. The molecule has 0 aliphatic carbocycles. The van der Waals surface area contributed by atoms with Gasteiger partial charge in [0.15, 0.2) is 5.69 Å². The van der Waals surface area contributed by atoms with Crippen LogP contribution in [0.3, 0.4) is 0 Å². The monoisotopic (exact) mass is 308 g/mol. The number of carbonyl (C=O) groups is 1. The first-order valence-corrected chi connectivity index (χ1v) is 8.12. The molecule has 1 aromatic rings. The Morgan fingerprint density at radius 1 is 1.42 bits per heavy atom. The third-order valence-electron chi connectivity index (χ3n) is 2.13. The van der Waals surface area contributed by atoms with E-state index in [9.17, 15) is 13.2 Å². The highest BCUT2D eigenvalue weighted by atomic mass is 35.7. The van der Waals surface area contributed by atoms with Crippen LogP contribution in [0.4, 0.5) is 0 Å². The van der Waals surface area contributed by atoms with Crippen LogP contribution in [0.15, 0.2) is 4.90 Å². The van der Waals surface area contributed by atoms with Gasteiger partial charge in [-0.1, -0.05) is 13.3 Å². The summed E-state index contributed by atoms with van der Waals surface area (Å²) in [4.78, 5) is 11.6. The molecule has 1 heterocycles. The van der Waals surface area contributed by atoms with Gasteiger partial charge in [0.05, 0.1) is 5.69 Å². The quantitative estimate of drug-likeness (QED) is 0.680. The maximum absolute atomic E-state index is 11.9. The number of hydrogen-bond acceptors (Lipinski definition) is 5. The highest BCUT2D eigenvalue weighted by Crippen LogP contribution is 2.25. The highest BCUT2D eigenvalue weighted by Gasteiger charge is 2.31. The Morgan fingerprint density at radius 3 is 2.42 bits per heavy atom. The SMILES string of the molecule is CCCc1[nH]nc(C(=O)OC(C)(C)C)c1S(=O)(=O)Cl. The summed E-state index contributed by atoms with van der Waals surface area (Å²) in [5.41, 5.74) is -0.722. The molecule has 0 aliphatic rings. The second-order valence-corrected chi connectivity index (χ2v) is 7.57. The van der Waals surface area contributed by atoms with Crippen molar-refractivity contribution in [2.24, 2.45) is 0 Å². The standard InChI is InChI=1S/C11H17ClN2O4S/c1-5-6-7-9(19(12,16)17)8(14-13-7)10(15)18-11(2,3)4/h5-6H2,1-4H3,(H,13,14). The Kier molecular flexibility index (Phi) is 4.63. The van der Waals surface area contributed by atoms with Gasteiger partial charge in [0.2, 0.25) is 0 Å². The summed E-state index contributed by atoms with van der Waals surface area (Å²) in [6.45, 7) is 6.91. The number of H-pyrrole nitrogens is 1. The molecule has 19 heavy (non-hydrogen) atoms. The van der Waals surface area contributed by atoms with Crippen LogP contribution in [0.25, 0.3) is 0 Å². The number of carbonyl (C=O) groups excluding carboxylic acids is 1. The number of aromatic nitrogens is 2. The molecule has 1 rings (SSSR count). The summed E-state index contributed by atoms with van der Waals surface area (Å²) < 4.78 is 28.3. The largest absolute Gasteiger partial charge is 0.455 e. The van der Waals surface area contributed by atoms with Gasteiger partial charge < -0.3 is 4.74 Å². The van der Waals surface area contributed by atoms with Crippen molar-refractivity contribution in [1.29, 1.82) is 0 Å². The van der Waals surface area contributed by atoms with Crippen molar-refractivity contribution in [1.82, 2.24) is 10.2 Å². The Morgan fingerprint density at radius 2 is 2.00 bits per heavy atom. The molecule has 0 bridgehead atoms. The van der Waals surface area contributed by atoms with Crippen molar-refractivity contribution in [3.05, 3.63) is 11.4 Å². The number of hydrogen-bond donors (Lipinski definition) is 1. The number of aryl methyl sites for hydroxylation is 1. The smallest absolute Gasteiger partial charge is 0.360 e. The number of nitrogens with zero attached hydrogens (tertiary/aromatic N) is 1. The predicted octanol–water partition coefficient (Wildman–Crippen LogP) is 2.25. The first-order valence-electron chi connectivity index (χ1n) is 5.81. The molecular formula is C11H17ClN2O4S. The van der Waals surface area contributed by atoms with Gasteiger partial charge in [-0.25, -0.2) is 13.2 Å². The van der Waals surface area contributed by atoms with Crippen molar-refractivity contribution in [3.8, 4) is 0 Å². The Labute approximate surface area is 116 Å². The summed E-state index contributed by atoms with van der Waals surface area (Å²) >= 11 is 0. The summed E-state index contributed by atoms with van der Waals surface area (Å²) in [7, 11) is 1.30. The molecule has 0 atom stereocenters. The van der Waals surface area contributed by atoms with E-state index in [1.54, 1.807) is 20.8 Å². The molecule has 108 valence electrons. The van der Waals surface area contributed by atoms with E-state index in [2.05, 4.69) is 10.2 Å². The van der Waals surface area contributed by atoms with E-state index in [0.29, 0.717) is 18.5 Å². The normalized spacial score (nSPS) is 12.5. The minimum Gasteiger partial charge on any atom is -0.455 e. The van der Waals surface area contributed by atoms with Gasteiger partial charge >= 0.3 is 5.97 Å². The summed E-state index contributed by atoms with van der Waals surface area (Å²) in [6, 6.07) is 0. The van der Waals surface area contributed by atoms with Crippen LogP contribution in [0.5, 0.6) is 0 Å². The fourth-order valence-corrected chi connectivity index (χ4v) is 2.82. The molecular weight excluding hydrogens is 292 g/mol. The van der Waals surface area contributed by atoms with Crippen molar-refractivity contribution >= 4 is 25.7 Å². The zero-order chi connectivity index (χ0) is 14.8. The van der Waals surface area contributed by atoms with Crippen LogP contribution < -0.4 is 0 Å². The molecule has 0 fully saturated rings. The number of esters is 1. The third-order valence-corrected chi connectivity index (χ3v) is 3.52. The number of rotatable bonds is 4. The molecule has 1 aromatic heterocycles. The first-order chi connectivity index (χ1) is 8.56. The molecule has 0 saturated carbocycles. The molecule has 0 aliphatic heterocycles. The number of aromatic amines is 1. The van der Waals surface area contributed by atoms with Gasteiger partial charge in [0.1, 0.15) is 10.5 Å². The van der Waals surface area contributed by atoms with Crippen molar-refractivity contribution in [2.75, 3.05) is 0 Å². The van der Waals surface area contributed by atoms with Crippen LogP contribution in [0.2, 0.25) is 0 Å². The molecule has 1 N–H and O–H groups in total. The molecule has 0 spiro atoms. The zero-order valence-corrected chi connectivity index (χ0v) is 12.9. The second kappa shape index (κ2) is 5.50. The molecule has 0 unspecified atom stereocenters. The van der Waals surface area contributed by atoms with Gasteiger partial charge in [-0.05, 0) is 27.2 Å². The van der Waals surface area contributed by atoms with Crippen molar-refractivity contribution < 1.29 is 17.9 Å². The molecule has 0 radical (unpaired) electrons. The van der Waals surface area contributed by atoms with Crippen molar-refractivity contribution in [3.63, 3.8) is 0 Å². The van der Waals surface area contributed by atoms with Crippen LogP contribution >= 0.6 is 10.7 Å². The van der Waals surface area contributed by atoms with E-state index in [1.807, 2.05) is 6.92 Å². The van der Waals surface area contributed by atoms with E-state index >= 15 is 0 Å². The molecule has 0 saturated heterocycles. The molecule has 8 heteroatoms. The Balaban J connectivity index is 3.26. The number of nitrogens with one attached hydrogen (secondary N) is 1. The van der Waals surface area contributed by atoms with Gasteiger partial charge in [-0.3, -0.25) is 5.10 Å². The van der Waals surface area contributed by atoms with E-state index in [-0.39, 0.29) is 10.6 Å². The minimum atomic E-state index is -4.07. The van der Waals surface area contributed by atoms with E-state index in [4.69, 9.17) is 15.4 Å². The lowest BCUT2D eigenvalue weighted by atomic mass is 10.2. The third kappa shape index (κ3) is 4.21. The van der Waals surface area contributed by atoms with Crippen molar-refractivity contribution in [2.45, 2.75) is 51.0 Å². The Bertz CT molecular complexity index is 572. The van der Waals surface area contributed by atoms with Gasteiger partial charge in [0, 0.05) is 10.7 Å². The Hall–Kier alpha value is -1.08. The van der Waals surface area contributed by atoms with Gasteiger partial charge in [0.25, 0.3) is 9.05 Å². The first kappa shape index (κ1) is 16.0. The maximum Gasteiger partial charge on any atom is 0.360 e. The summed E-state index contributed by atoms with van der Waals surface area (Å²) in [5.74, 6) is -0.815. The summed E-state index contributed by atoms with van der Waals surface area (Å²) in [6.07, 6.45) is 1.12. The average molecular weight is 309 g/mol. The van der Waals surface area contributed by atoms with Crippen LogP contribution in [0.1, 0.15) is 50.3 Å². The van der Waals surface area contributed by atoms with E-state index in [0.717, 1.165) is 0 Å². The molecule has 0 amide bonds. The average Bonchev–Trinajstić information content (AvgIpc) is 2.58. The number of ether oxygens (including phenoxy) is 1. The van der Waals surface area contributed by atoms with E-state index < -0.39 is 20.6 Å². The molecule has 6 nitrogen and oxygen atoms in total. The number of halogens is 1. The lowest BCUT2D eigenvalue weighted by Gasteiger charge is -2.18.